The molecule has 0 saturated carbocycles. The van der Waals surface area contributed by atoms with Gasteiger partial charge in [-0.1, -0.05) is 24.3 Å². The van der Waals surface area contributed by atoms with Crippen LogP contribution < -0.4 is 9.46 Å². The van der Waals surface area contributed by atoms with Crippen molar-refractivity contribution in [2.24, 2.45) is 0 Å². The number of halogens is 3. The first kappa shape index (κ1) is 23.8. The van der Waals surface area contributed by atoms with Crippen LogP contribution in [0, 0.1) is 0 Å². The van der Waals surface area contributed by atoms with Crippen molar-refractivity contribution >= 4 is 21.6 Å². The molecule has 0 heterocycles. The number of hydrogen-bond acceptors (Lipinski definition) is 4. The molecular weight excluding hydrogens is 447 g/mol. The number of carboxylic acids is 1. The number of carbonyl (C=O) groups is 1. The Hall–Kier alpha value is -2.85. The van der Waals surface area contributed by atoms with Crippen molar-refractivity contribution in [1.82, 2.24) is 4.72 Å². The number of ether oxygens (including phenoxy) is 1. The fourth-order valence-corrected chi connectivity index (χ4v) is 4.95. The molecule has 1 aliphatic carbocycles. The number of benzene rings is 2. The normalized spacial score (nSPS) is 16.3. The summed E-state index contributed by atoms with van der Waals surface area (Å²) in [6.45, 7) is 4.57. The molecule has 0 bridgehead atoms. The third kappa shape index (κ3) is 5.31. The number of alkyl halides is 3. The predicted octanol–water partition coefficient (Wildman–Crippen LogP) is 4.56. The van der Waals surface area contributed by atoms with E-state index in [1.54, 1.807) is 18.2 Å². The van der Waals surface area contributed by atoms with Crippen LogP contribution in [0.4, 0.5) is 13.2 Å². The predicted molar refractivity (Wildman–Crippen MR) is 112 cm³/mol. The second-order valence-electron chi connectivity index (χ2n) is 7.60. The summed E-state index contributed by atoms with van der Waals surface area (Å²) in [5.41, 5.74) is 0.588. The van der Waals surface area contributed by atoms with Crippen molar-refractivity contribution in [3.63, 3.8) is 0 Å². The maximum Gasteiger partial charge on any atom is 0.416 e. The monoisotopic (exact) mass is 469 g/mol. The molecule has 1 atom stereocenters. The SMILES string of the molecule is C=C(C)c1cc(C(F)(F)F)cc(S(=O)(=O)NC2CCCc3c(OCC(=O)O)cccc32)c1. The van der Waals surface area contributed by atoms with Gasteiger partial charge >= 0.3 is 12.1 Å². The number of aliphatic carboxylic acids is 1. The highest BCUT2D eigenvalue weighted by atomic mass is 32.2. The minimum atomic E-state index is -4.72. The fourth-order valence-electron chi connectivity index (χ4n) is 3.63. The smallest absolute Gasteiger partial charge is 0.416 e. The van der Waals surface area contributed by atoms with E-state index in [0.29, 0.717) is 47.8 Å². The lowest BCUT2D eigenvalue weighted by molar-refractivity contribution is -0.139. The molecule has 1 aliphatic rings. The molecule has 0 aliphatic heterocycles. The summed E-state index contributed by atoms with van der Waals surface area (Å²) < 4.78 is 73.9. The first-order chi connectivity index (χ1) is 14.9. The first-order valence-electron chi connectivity index (χ1n) is 9.75. The number of carboxylic acid groups (broad SMARTS) is 1. The summed E-state index contributed by atoms with van der Waals surface area (Å²) in [5, 5.41) is 8.85. The summed E-state index contributed by atoms with van der Waals surface area (Å²) in [6, 6.07) is 6.85. The average molecular weight is 469 g/mol. The van der Waals surface area contributed by atoms with Crippen molar-refractivity contribution < 1.29 is 36.2 Å². The fraction of sp³-hybridized carbons (Fsp3) is 0.318. The van der Waals surface area contributed by atoms with Gasteiger partial charge < -0.3 is 9.84 Å². The Morgan fingerprint density at radius 3 is 2.62 bits per heavy atom. The Morgan fingerprint density at radius 2 is 2.00 bits per heavy atom. The zero-order chi connectivity index (χ0) is 23.7. The van der Waals surface area contributed by atoms with Gasteiger partial charge in [-0.2, -0.15) is 13.2 Å². The lowest BCUT2D eigenvalue weighted by atomic mass is 9.87. The third-order valence-electron chi connectivity index (χ3n) is 5.15. The van der Waals surface area contributed by atoms with Gasteiger partial charge in [0.05, 0.1) is 10.5 Å². The summed E-state index contributed by atoms with van der Waals surface area (Å²) in [6.07, 6.45) is -3.13. The van der Waals surface area contributed by atoms with Crippen molar-refractivity contribution in [3.8, 4) is 5.75 Å². The van der Waals surface area contributed by atoms with Crippen LogP contribution in [0.1, 0.15) is 48.1 Å². The summed E-state index contributed by atoms with van der Waals surface area (Å²) >= 11 is 0. The molecule has 0 saturated heterocycles. The molecule has 10 heteroatoms. The van der Waals surface area contributed by atoms with Crippen LogP contribution in [0.3, 0.4) is 0 Å². The van der Waals surface area contributed by atoms with Crippen LogP contribution in [-0.4, -0.2) is 26.1 Å². The largest absolute Gasteiger partial charge is 0.482 e. The molecule has 2 N–H and O–H groups in total. The number of sulfonamides is 1. The van der Waals surface area contributed by atoms with Gasteiger partial charge in [0.25, 0.3) is 0 Å². The number of allylic oxidation sites excluding steroid dienone is 1. The molecule has 0 fully saturated rings. The van der Waals surface area contributed by atoms with E-state index in [0.717, 1.165) is 12.1 Å². The maximum absolute atomic E-state index is 13.3. The van der Waals surface area contributed by atoms with E-state index < -0.39 is 45.3 Å². The highest BCUT2D eigenvalue weighted by molar-refractivity contribution is 7.89. The molecule has 32 heavy (non-hydrogen) atoms. The van der Waals surface area contributed by atoms with E-state index in [2.05, 4.69) is 11.3 Å². The zero-order valence-electron chi connectivity index (χ0n) is 17.2. The highest BCUT2D eigenvalue weighted by Crippen LogP contribution is 2.37. The molecule has 0 amide bonds. The van der Waals surface area contributed by atoms with Gasteiger partial charge in [-0.25, -0.2) is 17.9 Å². The lowest BCUT2D eigenvalue weighted by Crippen LogP contribution is -2.31. The molecule has 3 rings (SSSR count). The molecule has 172 valence electrons. The van der Waals surface area contributed by atoms with Crippen LogP contribution in [0.25, 0.3) is 5.57 Å². The van der Waals surface area contributed by atoms with Crippen molar-refractivity contribution in [1.29, 1.82) is 0 Å². The Kier molecular flexibility index (Phi) is 6.66. The standard InChI is InChI=1S/C22H22F3NO5S/c1-13(2)14-9-15(22(23,24)25)11-16(10-14)32(29,30)26-19-7-3-6-18-17(19)5-4-8-20(18)31-12-21(27)28/h4-5,8-11,19,26H,1,3,6-7,12H2,2H3,(H,27,28). The van der Waals surface area contributed by atoms with Crippen molar-refractivity contribution in [2.75, 3.05) is 6.61 Å². The second kappa shape index (κ2) is 8.95. The van der Waals surface area contributed by atoms with E-state index in [9.17, 15) is 26.4 Å². The lowest BCUT2D eigenvalue weighted by Gasteiger charge is -2.28. The molecule has 2 aromatic rings. The summed E-state index contributed by atoms with van der Waals surface area (Å²) in [5.74, 6) is -0.800. The quantitative estimate of drug-likeness (QED) is 0.620. The Labute approximate surface area is 183 Å². The molecule has 6 nitrogen and oxygen atoms in total. The van der Waals surface area contributed by atoms with Crippen LogP contribution >= 0.6 is 0 Å². The number of fused-ring (bicyclic) bond motifs is 1. The van der Waals surface area contributed by atoms with Crippen molar-refractivity contribution in [3.05, 3.63) is 65.2 Å². The van der Waals surface area contributed by atoms with Gasteiger partial charge in [-0.3, -0.25) is 0 Å². The maximum atomic E-state index is 13.3. The van der Waals surface area contributed by atoms with Gasteiger partial charge in [0, 0.05) is 6.04 Å². The van der Waals surface area contributed by atoms with E-state index in [-0.39, 0.29) is 5.56 Å². The van der Waals surface area contributed by atoms with E-state index in [1.165, 1.54) is 6.92 Å². The van der Waals surface area contributed by atoms with Crippen LogP contribution in [0.15, 0.2) is 47.9 Å². The third-order valence-corrected chi connectivity index (χ3v) is 6.60. The molecule has 2 aromatic carbocycles. The van der Waals surface area contributed by atoms with E-state index >= 15 is 0 Å². The highest BCUT2D eigenvalue weighted by Gasteiger charge is 2.34. The topological polar surface area (TPSA) is 92.7 Å². The number of hydrogen-bond donors (Lipinski definition) is 2. The second-order valence-corrected chi connectivity index (χ2v) is 9.31. The molecule has 1 unspecified atom stereocenters. The Morgan fingerprint density at radius 1 is 1.28 bits per heavy atom. The van der Waals surface area contributed by atoms with E-state index in [1.807, 2.05) is 0 Å². The summed E-state index contributed by atoms with van der Waals surface area (Å²) in [4.78, 5) is 10.3. The number of nitrogens with one attached hydrogen (secondary N) is 1. The van der Waals surface area contributed by atoms with E-state index in [4.69, 9.17) is 9.84 Å². The van der Waals surface area contributed by atoms with Crippen molar-refractivity contribution in [2.45, 2.75) is 43.3 Å². The minimum absolute atomic E-state index is 0.0774. The minimum Gasteiger partial charge on any atom is -0.482 e. The van der Waals surface area contributed by atoms with Gasteiger partial charge in [0.15, 0.2) is 6.61 Å². The first-order valence-corrected chi connectivity index (χ1v) is 11.2. The number of rotatable bonds is 7. The molecule has 0 spiro atoms. The molecular formula is C22H22F3NO5S. The van der Waals surface area contributed by atoms with Crippen LogP contribution in [0.2, 0.25) is 0 Å². The van der Waals surface area contributed by atoms with Gasteiger partial charge in [-0.05, 0) is 67.1 Å². The van der Waals surface area contributed by atoms with Crippen LogP contribution in [-0.2, 0) is 27.4 Å². The van der Waals surface area contributed by atoms with Gasteiger partial charge in [0.1, 0.15) is 5.75 Å². The van der Waals surface area contributed by atoms with Gasteiger partial charge in [0.2, 0.25) is 10.0 Å². The molecule has 0 radical (unpaired) electrons. The van der Waals surface area contributed by atoms with Crippen LogP contribution in [0.5, 0.6) is 5.75 Å². The molecule has 0 aromatic heterocycles. The zero-order valence-corrected chi connectivity index (χ0v) is 18.0. The Balaban J connectivity index is 1.97. The average Bonchev–Trinajstić information content (AvgIpc) is 2.71. The Bertz CT molecular complexity index is 1160. The summed E-state index contributed by atoms with van der Waals surface area (Å²) in [7, 11) is -4.31. The van der Waals surface area contributed by atoms with Gasteiger partial charge in [-0.15, -0.1) is 0 Å².